The number of nitrogens with zero attached hydrogens (tertiary/aromatic N) is 1. The average Bonchev–Trinajstić information content (AvgIpc) is 2.84. The van der Waals surface area contributed by atoms with Gasteiger partial charge in [0.15, 0.2) is 11.5 Å². The van der Waals surface area contributed by atoms with E-state index in [9.17, 15) is 14.4 Å². The molecule has 4 rings (SSSR count). The number of rotatable bonds is 7. The Balaban J connectivity index is 1.65. The van der Waals surface area contributed by atoms with Gasteiger partial charge in [-0.2, -0.15) is 0 Å². The number of hydrogen-bond acceptors (Lipinski definition) is 5. The minimum absolute atomic E-state index is 0.180. The maximum atomic E-state index is 13.2. The predicted molar refractivity (Wildman–Crippen MR) is 149 cm³/mol. The van der Waals surface area contributed by atoms with E-state index < -0.39 is 17.8 Å². The Morgan fingerprint density at radius 2 is 1.65 bits per heavy atom. The SMILES string of the molecule is CCOc1cc(/C=C2\C(=O)NC(=O)N(c3ccc(Br)cc3)C2=O)cc(Br)c1OCc1ccc(C)c(C)c1. The maximum absolute atomic E-state index is 13.2. The summed E-state index contributed by atoms with van der Waals surface area (Å²) < 4.78 is 13.3. The van der Waals surface area contributed by atoms with Crippen LogP contribution >= 0.6 is 31.9 Å². The molecule has 7 nitrogen and oxygen atoms in total. The number of anilines is 1. The summed E-state index contributed by atoms with van der Waals surface area (Å²) in [5.74, 6) is -0.530. The zero-order valence-electron chi connectivity index (χ0n) is 20.4. The summed E-state index contributed by atoms with van der Waals surface area (Å²) in [6.45, 7) is 6.69. The van der Waals surface area contributed by atoms with Crippen molar-refractivity contribution in [3.63, 3.8) is 0 Å². The number of ether oxygens (including phenoxy) is 2. The lowest BCUT2D eigenvalue weighted by atomic mass is 10.1. The highest BCUT2D eigenvalue weighted by molar-refractivity contribution is 9.10. The zero-order chi connectivity index (χ0) is 26.7. The van der Waals surface area contributed by atoms with Crippen LogP contribution in [0.2, 0.25) is 0 Å². The first-order chi connectivity index (χ1) is 17.7. The molecule has 1 heterocycles. The Kier molecular flexibility index (Phi) is 8.14. The van der Waals surface area contributed by atoms with Crippen molar-refractivity contribution < 1.29 is 23.9 Å². The van der Waals surface area contributed by atoms with Gasteiger partial charge in [0.2, 0.25) is 0 Å². The van der Waals surface area contributed by atoms with Crippen molar-refractivity contribution in [3.05, 3.63) is 91.4 Å². The van der Waals surface area contributed by atoms with Crippen LogP contribution in [0.15, 0.2) is 69.1 Å². The van der Waals surface area contributed by atoms with Crippen molar-refractivity contribution in [3.8, 4) is 11.5 Å². The summed E-state index contributed by atoms with van der Waals surface area (Å²) in [4.78, 5) is 39.2. The van der Waals surface area contributed by atoms with Crippen LogP contribution in [0.4, 0.5) is 10.5 Å². The molecule has 3 aromatic rings. The molecule has 1 aliphatic rings. The molecular formula is C28H24Br2N2O5. The first-order valence-electron chi connectivity index (χ1n) is 11.5. The molecular weight excluding hydrogens is 604 g/mol. The normalized spacial score (nSPS) is 14.7. The Morgan fingerprint density at radius 3 is 2.32 bits per heavy atom. The molecule has 0 aromatic heterocycles. The fourth-order valence-corrected chi connectivity index (χ4v) is 4.61. The van der Waals surface area contributed by atoms with Gasteiger partial charge in [-0.25, -0.2) is 9.69 Å². The van der Waals surface area contributed by atoms with Crippen LogP contribution in [0.1, 0.15) is 29.2 Å². The lowest BCUT2D eigenvalue weighted by molar-refractivity contribution is -0.122. The fraction of sp³-hybridized carbons (Fsp3) is 0.179. The molecule has 1 saturated heterocycles. The molecule has 4 amide bonds. The summed E-state index contributed by atoms with van der Waals surface area (Å²) in [5, 5.41) is 2.24. The van der Waals surface area contributed by atoms with E-state index in [0.29, 0.717) is 40.4 Å². The molecule has 0 spiro atoms. The highest BCUT2D eigenvalue weighted by Crippen LogP contribution is 2.38. The number of amides is 4. The van der Waals surface area contributed by atoms with E-state index in [1.807, 2.05) is 13.0 Å². The first kappa shape index (κ1) is 26.6. The molecule has 190 valence electrons. The van der Waals surface area contributed by atoms with E-state index in [2.05, 4.69) is 63.2 Å². The number of carbonyl (C=O) groups is 3. The smallest absolute Gasteiger partial charge is 0.335 e. The summed E-state index contributed by atoms with van der Waals surface area (Å²) in [6.07, 6.45) is 1.43. The fourth-order valence-electron chi connectivity index (χ4n) is 3.77. The maximum Gasteiger partial charge on any atom is 0.335 e. The van der Waals surface area contributed by atoms with Crippen molar-refractivity contribution in [2.75, 3.05) is 11.5 Å². The zero-order valence-corrected chi connectivity index (χ0v) is 23.6. The second kappa shape index (κ2) is 11.3. The van der Waals surface area contributed by atoms with Crippen molar-refractivity contribution in [1.29, 1.82) is 0 Å². The van der Waals surface area contributed by atoms with Crippen LogP contribution in [0.25, 0.3) is 6.08 Å². The second-order valence-electron chi connectivity index (χ2n) is 8.40. The van der Waals surface area contributed by atoms with Crippen molar-refractivity contribution in [1.82, 2.24) is 5.32 Å². The topological polar surface area (TPSA) is 84.9 Å². The quantitative estimate of drug-likeness (QED) is 0.240. The van der Waals surface area contributed by atoms with Crippen molar-refractivity contribution in [2.24, 2.45) is 0 Å². The molecule has 0 bridgehead atoms. The third kappa shape index (κ3) is 5.94. The largest absolute Gasteiger partial charge is 0.490 e. The molecule has 0 aliphatic carbocycles. The Morgan fingerprint density at radius 1 is 0.919 bits per heavy atom. The standard InChI is InChI=1S/C28H24Br2N2O5/c1-4-36-24-14-19(13-23(30)25(24)37-15-18-6-5-16(2)17(3)11-18)12-22-26(33)31-28(35)32(27(22)34)21-9-7-20(29)8-10-21/h5-14H,4,15H2,1-3H3,(H,31,33,35)/b22-12+. The van der Waals surface area contributed by atoms with Gasteiger partial charge in [-0.3, -0.25) is 14.9 Å². The highest BCUT2D eigenvalue weighted by Gasteiger charge is 2.36. The molecule has 37 heavy (non-hydrogen) atoms. The third-order valence-corrected chi connectivity index (χ3v) is 6.90. The van der Waals surface area contributed by atoms with Crippen LogP contribution in [-0.4, -0.2) is 24.5 Å². The van der Waals surface area contributed by atoms with Gasteiger partial charge in [-0.05, 0) is 101 Å². The minimum Gasteiger partial charge on any atom is -0.490 e. The molecule has 1 aliphatic heterocycles. The summed E-state index contributed by atoms with van der Waals surface area (Å²) in [5.41, 5.74) is 4.09. The Bertz CT molecular complexity index is 1420. The monoisotopic (exact) mass is 626 g/mol. The van der Waals surface area contributed by atoms with Crippen molar-refractivity contribution in [2.45, 2.75) is 27.4 Å². The lowest BCUT2D eigenvalue weighted by Crippen LogP contribution is -2.54. The van der Waals surface area contributed by atoms with Gasteiger partial charge < -0.3 is 9.47 Å². The summed E-state index contributed by atoms with van der Waals surface area (Å²) >= 11 is 6.87. The van der Waals surface area contributed by atoms with Gasteiger partial charge in [-0.15, -0.1) is 0 Å². The molecule has 1 fully saturated rings. The van der Waals surface area contributed by atoms with Crippen LogP contribution in [-0.2, 0) is 16.2 Å². The molecule has 9 heteroatoms. The number of imide groups is 2. The Labute approximate surface area is 231 Å². The van der Waals surface area contributed by atoms with Crippen LogP contribution < -0.4 is 19.7 Å². The number of nitrogens with one attached hydrogen (secondary N) is 1. The molecule has 0 radical (unpaired) electrons. The van der Waals surface area contributed by atoms with E-state index in [0.717, 1.165) is 14.9 Å². The number of hydrogen-bond donors (Lipinski definition) is 1. The van der Waals surface area contributed by atoms with Gasteiger partial charge in [0.25, 0.3) is 11.8 Å². The van der Waals surface area contributed by atoms with E-state index in [-0.39, 0.29) is 5.57 Å². The van der Waals surface area contributed by atoms with Crippen LogP contribution in [0.3, 0.4) is 0 Å². The summed E-state index contributed by atoms with van der Waals surface area (Å²) in [6, 6.07) is 15.4. The Hall–Kier alpha value is -3.43. The molecule has 1 N–H and O–H groups in total. The third-order valence-electron chi connectivity index (χ3n) is 5.78. The van der Waals surface area contributed by atoms with Gasteiger partial charge in [0, 0.05) is 4.47 Å². The van der Waals surface area contributed by atoms with Gasteiger partial charge in [-0.1, -0.05) is 34.1 Å². The molecule has 0 atom stereocenters. The predicted octanol–water partition coefficient (Wildman–Crippen LogP) is 6.47. The number of halogens is 2. The van der Waals surface area contributed by atoms with Crippen LogP contribution in [0.5, 0.6) is 11.5 Å². The average molecular weight is 628 g/mol. The van der Waals surface area contributed by atoms with E-state index >= 15 is 0 Å². The number of barbiturate groups is 1. The number of carbonyl (C=O) groups excluding carboxylic acids is 3. The molecule has 0 unspecified atom stereocenters. The molecule has 0 saturated carbocycles. The lowest BCUT2D eigenvalue weighted by Gasteiger charge is -2.26. The van der Waals surface area contributed by atoms with Gasteiger partial charge in [0.1, 0.15) is 12.2 Å². The molecule has 3 aromatic carbocycles. The number of aryl methyl sites for hydroxylation is 2. The first-order valence-corrected chi connectivity index (χ1v) is 13.1. The van der Waals surface area contributed by atoms with E-state index in [1.54, 1.807) is 36.4 Å². The second-order valence-corrected chi connectivity index (χ2v) is 10.2. The minimum atomic E-state index is -0.805. The van der Waals surface area contributed by atoms with E-state index in [1.165, 1.54) is 17.2 Å². The summed E-state index contributed by atoms with van der Waals surface area (Å²) in [7, 11) is 0. The van der Waals surface area contributed by atoms with Crippen molar-refractivity contribution >= 4 is 61.5 Å². The van der Waals surface area contributed by atoms with Gasteiger partial charge in [0.05, 0.1) is 16.8 Å². The van der Waals surface area contributed by atoms with Gasteiger partial charge >= 0.3 is 6.03 Å². The highest BCUT2D eigenvalue weighted by atomic mass is 79.9. The number of benzene rings is 3. The number of urea groups is 1. The van der Waals surface area contributed by atoms with Crippen LogP contribution in [0, 0.1) is 13.8 Å². The van der Waals surface area contributed by atoms with E-state index in [4.69, 9.17) is 9.47 Å².